The number of carbonyl (C=O) groups excluding carboxylic acids is 1. The molecule has 0 radical (unpaired) electrons. The van der Waals surface area contributed by atoms with Crippen molar-refractivity contribution < 1.29 is 14.3 Å². The molecule has 0 saturated heterocycles. The normalized spacial score (nSPS) is 10.6. The summed E-state index contributed by atoms with van der Waals surface area (Å²) in [6.07, 6.45) is 0. The summed E-state index contributed by atoms with van der Waals surface area (Å²) in [5.74, 6) is 1.35. The zero-order valence-electron chi connectivity index (χ0n) is 15.6. The summed E-state index contributed by atoms with van der Waals surface area (Å²) in [5, 5.41) is 5.79. The molecule has 2 aromatic rings. The van der Waals surface area contributed by atoms with Crippen molar-refractivity contribution in [3.05, 3.63) is 53.6 Å². The highest BCUT2D eigenvalue weighted by Crippen LogP contribution is 2.29. The molecule has 0 saturated carbocycles. The molecule has 2 aromatic carbocycles. The molecule has 0 aliphatic rings. The number of amides is 1. The van der Waals surface area contributed by atoms with Gasteiger partial charge in [0.05, 0.1) is 20.8 Å². The van der Waals surface area contributed by atoms with Crippen molar-refractivity contribution in [3.63, 3.8) is 0 Å². The Hall–Kier alpha value is -2.49. The van der Waals surface area contributed by atoms with Gasteiger partial charge in [-0.2, -0.15) is 0 Å². The lowest BCUT2D eigenvalue weighted by Gasteiger charge is -2.11. The maximum absolute atomic E-state index is 12.0. The molecule has 2 rings (SSSR count). The number of anilines is 1. The molecule has 0 bridgehead atoms. The van der Waals surface area contributed by atoms with Crippen LogP contribution in [0.1, 0.15) is 15.9 Å². The first-order valence-electron chi connectivity index (χ1n) is 8.17. The number of benzene rings is 2. The fourth-order valence-electron chi connectivity index (χ4n) is 2.34. The number of halogens is 1. The second-order valence-corrected chi connectivity index (χ2v) is 5.59. The molecule has 0 spiro atoms. The summed E-state index contributed by atoms with van der Waals surface area (Å²) in [5.41, 5.74) is 8.27. The molecule has 0 fully saturated rings. The highest BCUT2D eigenvalue weighted by Gasteiger charge is 2.06. The van der Waals surface area contributed by atoms with E-state index in [-0.39, 0.29) is 35.8 Å². The van der Waals surface area contributed by atoms with Gasteiger partial charge in [-0.25, -0.2) is 0 Å². The second kappa shape index (κ2) is 11.3. The van der Waals surface area contributed by atoms with Gasteiger partial charge in [-0.3, -0.25) is 9.79 Å². The number of hydrogen-bond acceptors (Lipinski definition) is 4. The van der Waals surface area contributed by atoms with Gasteiger partial charge in [0, 0.05) is 23.9 Å². The van der Waals surface area contributed by atoms with Crippen molar-refractivity contribution in [2.45, 2.75) is 6.92 Å². The minimum Gasteiger partial charge on any atom is -0.493 e. The SMILES string of the molecule is COc1ccc(NC(N)=NCCNC(=O)c2cccc(C)c2)cc1OC.I. The largest absolute Gasteiger partial charge is 0.493 e. The number of hydrogen-bond donors (Lipinski definition) is 3. The fourth-order valence-corrected chi connectivity index (χ4v) is 2.34. The Balaban J connectivity index is 0.00000364. The lowest BCUT2D eigenvalue weighted by Crippen LogP contribution is -2.28. The molecule has 27 heavy (non-hydrogen) atoms. The second-order valence-electron chi connectivity index (χ2n) is 5.59. The van der Waals surface area contributed by atoms with Gasteiger partial charge in [-0.15, -0.1) is 24.0 Å². The fraction of sp³-hybridized carbons (Fsp3) is 0.263. The van der Waals surface area contributed by atoms with Crippen LogP contribution >= 0.6 is 24.0 Å². The summed E-state index contributed by atoms with van der Waals surface area (Å²) < 4.78 is 10.4. The molecule has 7 nitrogen and oxygen atoms in total. The number of nitrogens with zero attached hydrogens (tertiary/aromatic N) is 1. The maximum atomic E-state index is 12.0. The van der Waals surface area contributed by atoms with Gasteiger partial charge in [0.1, 0.15) is 0 Å². The van der Waals surface area contributed by atoms with Gasteiger partial charge in [0.25, 0.3) is 5.91 Å². The van der Waals surface area contributed by atoms with Crippen molar-refractivity contribution in [1.29, 1.82) is 0 Å². The van der Waals surface area contributed by atoms with Gasteiger partial charge in [0.15, 0.2) is 17.5 Å². The number of aliphatic imine (C=N–C) groups is 1. The predicted octanol–water partition coefficient (Wildman–Crippen LogP) is 2.79. The highest BCUT2D eigenvalue weighted by atomic mass is 127. The van der Waals surface area contributed by atoms with E-state index in [9.17, 15) is 4.79 Å². The highest BCUT2D eigenvalue weighted by molar-refractivity contribution is 14.0. The van der Waals surface area contributed by atoms with E-state index in [0.717, 1.165) is 11.3 Å². The van der Waals surface area contributed by atoms with Crippen LogP contribution in [0.2, 0.25) is 0 Å². The lowest BCUT2D eigenvalue weighted by molar-refractivity contribution is 0.0954. The van der Waals surface area contributed by atoms with Gasteiger partial charge >= 0.3 is 0 Å². The van der Waals surface area contributed by atoms with E-state index in [4.69, 9.17) is 15.2 Å². The molecule has 0 aromatic heterocycles. The smallest absolute Gasteiger partial charge is 0.251 e. The summed E-state index contributed by atoms with van der Waals surface area (Å²) in [7, 11) is 3.14. The standard InChI is InChI=1S/C19H24N4O3.HI/c1-13-5-4-6-14(11-13)18(24)21-9-10-22-19(20)23-15-7-8-16(25-2)17(12-15)26-3;/h4-8,11-12H,9-10H2,1-3H3,(H,21,24)(H3,20,22,23);1H. The van der Waals surface area contributed by atoms with E-state index in [2.05, 4.69) is 15.6 Å². The Morgan fingerprint density at radius 2 is 1.85 bits per heavy atom. The van der Waals surface area contributed by atoms with Crippen LogP contribution in [-0.4, -0.2) is 39.2 Å². The first kappa shape index (κ1) is 22.6. The minimum atomic E-state index is -0.129. The molecule has 0 aliphatic carbocycles. The molecule has 0 atom stereocenters. The van der Waals surface area contributed by atoms with Crippen molar-refractivity contribution in [3.8, 4) is 11.5 Å². The number of nitrogens with two attached hydrogens (primary N) is 1. The van der Waals surface area contributed by atoms with Gasteiger partial charge < -0.3 is 25.8 Å². The Bertz CT molecular complexity index is 796. The number of nitrogens with one attached hydrogen (secondary N) is 2. The van der Waals surface area contributed by atoms with E-state index < -0.39 is 0 Å². The first-order valence-corrected chi connectivity index (χ1v) is 8.17. The van der Waals surface area contributed by atoms with E-state index in [1.807, 2.05) is 31.2 Å². The van der Waals surface area contributed by atoms with Crippen LogP contribution < -0.4 is 25.8 Å². The summed E-state index contributed by atoms with van der Waals surface area (Å²) in [6.45, 7) is 2.70. The average molecular weight is 484 g/mol. The van der Waals surface area contributed by atoms with Crippen LogP contribution in [0, 0.1) is 6.92 Å². The quantitative estimate of drug-likeness (QED) is 0.243. The molecule has 1 amide bonds. The van der Waals surface area contributed by atoms with Crippen LogP contribution in [0.4, 0.5) is 5.69 Å². The third-order valence-electron chi connectivity index (χ3n) is 3.62. The molecular formula is C19H25IN4O3. The summed E-state index contributed by atoms with van der Waals surface area (Å²) >= 11 is 0. The Morgan fingerprint density at radius 3 is 2.52 bits per heavy atom. The van der Waals surface area contributed by atoms with E-state index in [1.54, 1.807) is 32.4 Å². The van der Waals surface area contributed by atoms with E-state index in [0.29, 0.717) is 30.2 Å². The topological polar surface area (TPSA) is 98.0 Å². The first-order chi connectivity index (χ1) is 12.5. The Kier molecular flexibility index (Phi) is 9.41. The van der Waals surface area contributed by atoms with Gasteiger partial charge in [-0.1, -0.05) is 17.7 Å². The number of guanidine groups is 1. The Labute approximate surface area is 176 Å². The van der Waals surface area contributed by atoms with E-state index >= 15 is 0 Å². The number of rotatable bonds is 7. The molecule has 0 aliphatic heterocycles. The van der Waals surface area contributed by atoms with Gasteiger partial charge in [-0.05, 0) is 31.2 Å². The zero-order valence-corrected chi connectivity index (χ0v) is 17.9. The molecule has 4 N–H and O–H groups in total. The van der Waals surface area contributed by atoms with Crippen LogP contribution in [-0.2, 0) is 0 Å². The average Bonchev–Trinajstić information content (AvgIpc) is 2.64. The van der Waals surface area contributed by atoms with Crippen molar-refractivity contribution in [2.24, 2.45) is 10.7 Å². The number of methoxy groups -OCH3 is 2. The molecule has 8 heteroatoms. The number of aryl methyl sites for hydroxylation is 1. The van der Waals surface area contributed by atoms with E-state index in [1.165, 1.54) is 0 Å². The lowest BCUT2D eigenvalue weighted by atomic mass is 10.1. The Morgan fingerprint density at radius 1 is 1.11 bits per heavy atom. The number of ether oxygens (including phenoxy) is 2. The van der Waals surface area contributed by atoms with Crippen LogP contribution in [0.25, 0.3) is 0 Å². The maximum Gasteiger partial charge on any atom is 0.251 e. The van der Waals surface area contributed by atoms with Crippen molar-refractivity contribution >= 4 is 41.5 Å². The third kappa shape index (κ3) is 6.97. The summed E-state index contributed by atoms with van der Waals surface area (Å²) in [4.78, 5) is 16.2. The van der Waals surface area contributed by atoms with Crippen molar-refractivity contribution in [2.75, 3.05) is 32.6 Å². The monoisotopic (exact) mass is 484 g/mol. The zero-order chi connectivity index (χ0) is 18.9. The predicted molar refractivity (Wildman–Crippen MR) is 119 cm³/mol. The minimum absolute atomic E-state index is 0. The number of carbonyl (C=O) groups is 1. The third-order valence-corrected chi connectivity index (χ3v) is 3.62. The van der Waals surface area contributed by atoms with Crippen LogP contribution in [0.3, 0.4) is 0 Å². The molecule has 146 valence electrons. The molecular weight excluding hydrogens is 459 g/mol. The van der Waals surface area contributed by atoms with Crippen molar-refractivity contribution in [1.82, 2.24) is 5.32 Å². The summed E-state index contributed by atoms with van der Waals surface area (Å²) in [6, 6.07) is 12.8. The molecule has 0 unspecified atom stereocenters. The van der Waals surface area contributed by atoms with Crippen LogP contribution in [0.15, 0.2) is 47.5 Å². The van der Waals surface area contributed by atoms with Crippen LogP contribution in [0.5, 0.6) is 11.5 Å². The molecule has 0 heterocycles. The van der Waals surface area contributed by atoms with Gasteiger partial charge in [0.2, 0.25) is 0 Å².